The van der Waals surface area contributed by atoms with Crippen LogP contribution in [0.3, 0.4) is 0 Å². The van der Waals surface area contributed by atoms with Gasteiger partial charge in [-0.3, -0.25) is 0 Å². The van der Waals surface area contributed by atoms with Crippen molar-refractivity contribution in [3.63, 3.8) is 0 Å². The van der Waals surface area contributed by atoms with E-state index in [1.807, 2.05) is 17.5 Å². The Labute approximate surface area is 73.1 Å². The molecule has 0 fully saturated rings. The van der Waals surface area contributed by atoms with Crippen molar-refractivity contribution in [1.82, 2.24) is 15.2 Å². The molecule has 5 heteroatoms. The van der Waals surface area contributed by atoms with E-state index in [2.05, 4.69) is 15.2 Å². The second-order valence-corrected chi connectivity index (χ2v) is 3.12. The maximum atomic E-state index is 5.60. The van der Waals surface area contributed by atoms with Crippen LogP contribution in [0, 0.1) is 0 Å². The Balaban J connectivity index is 2.55. The van der Waals surface area contributed by atoms with E-state index in [9.17, 15) is 0 Å². The van der Waals surface area contributed by atoms with Crippen LogP contribution in [0.4, 0.5) is 5.82 Å². The Morgan fingerprint density at radius 2 is 2.33 bits per heavy atom. The van der Waals surface area contributed by atoms with E-state index in [0.29, 0.717) is 11.5 Å². The van der Waals surface area contributed by atoms with Gasteiger partial charge in [0.05, 0.1) is 4.88 Å². The van der Waals surface area contributed by atoms with Crippen molar-refractivity contribution >= 4 is 17.2 Å². The molecule has 0 radical (unpaired) electrons. The van der Waals surface area contributed by atoms with Crippen LogP contribution in [0.15, 0.2) is 23.8 Å². The van der Waals surface area contributed by atoms with Crippen LogP contribution in [0.25, 0.3) is 10.6 Å². The van der Waals surface area contributed by atoms with Gasteiger partial charge in [0.25, 0.3) is 0 Å². The molecule has 0 aliphatic carbocycles. The number of aromatic nitrogens is 3. The van der Waals surface area contributed by atoms with Crippen LogP contribution in [0.2, 0.25) is 0 Å². The third-order valence-corrected chi connectivity index (χ3v) is 2.28. The molecule has 0 atom stereocenters. The van der Waals surface area contributed by atoms with Gasteiger partial charge < -0.3 is 5.73 Å². The topological polar surface area (TPSA) is 64.7 Å². The lowest BCUT2D eigenvalue weighted by molar-refractivity contribution is 0.986. The summed E-state index contributed by atoms with van der Waals surface area (Å²) in [6, 6.07) is 3.88. The van der Waals surface area contributed by atoms with Crippen molar-refractivity contribution in [2.24, 2.45) is 0 Å². The Hall–Kier alpha value is -1.49. The first kappa shape index (κ1) is 7.17. The number of nitrogen functional groups attached to an aromatic ring is 1. The first-order valence-corrected chi connectivity index (χ1v) is 4.23. The molecule has 2 rings (SSSR count). The number of rotatable bonds is 1. The van der Waals surface area contributed by atoms with E-state index in [1.54, 1.807) is 11.3 Å². The van der Waals surface area contributed by atoms with Gasteiger partial charge >= 0.3 is 0 Å². The minimum Gasteiger partial charge on any atom is -0.382 e. The molecular weight excluding hydrogens is 172 g/mol. The maximum Gasteiger partial charge on any atom is 0.154 e. The van der Waals surface area contributed by atoms with Gasteiger partial charge in [0.2, 0.25) is 0 Å². The van der Waals surface area contributed by atoms with Crippen molar-refractivity contribution in [3.05, 3.63) is 23.8 Å². The molecule has 12 heavy (non-hydrogen) atoms. The van der Waals surface area contributed by atoms with Gasteiger partial charge in [-0.15, -0.1) is 21.5 Å². The van der Waals surface area contributed by atoms with Crippen molar-refractivity contribution in [3.8, 4) is 10.6 Å². The molecule has 2 N–H and O–H groups in total. The third kappa shape index (κ3) is 1.14. The first-order valence-electron chi connectivity index (χ1n) is 3.35. The SMILES string of the molecule is Nc1ncnnc1-c1cccs1. The molecule has 4 nitrogen and oxygen atoms in total. The zero-order valence-electron chi connectivity index (χ0n) is 6.14. The maximum absolute atomic E-state index is 5.60. The largest absolute Gasteiger partial charge is 0.382 e. The van der Waals surface area contributed by atoms with Gasteiger partial charge in [0.15, 0.2) is 5.82 Å². The van der Waals surface area contributed by atoms with Gasteiger partial charge in [-0.1, -0.05) is 6.07 Å². The van der Waals surface area contributed by atoms with E-state index >= 15 is 0 Å². The summed E-state index contributed by atoms with van der Waals surface area (Å²) in [4.78, 5) is 4.84. The van der Waals surface area contributed by atoms with Gasteiger partial charge in [0, 0.05) is 0 Å². The Morgan fingerprint density at radius 3 is 3.00 bits per heavy atom. The first-order chi connectivity index (χ1) is 5.88. The predicted molar refractivity (Wildman–Crippen MR) is 47.6 cm³/mol. The molecule has 0 aliphatic rings. The fourth-order valence-electron chi connectivity index (χ4n) is 0.873. The highest BCUT2D eigenvalue weighted by atomic mass is 32.1. The summed E-state index contributed by atoms with van der Waals surface area (Å²) in [7, 11) is 0. The summed E-state index contributed by atoms with van der Waals surface area (Å²) in [5, 5.41) is 9.52. The van der Waals surface area contributed by atoms with Crippen LogP contribution >= 0.6 is 11.3 Å². The molecule has 0 unspecified atom stereocenters. The predicted octanol–water partition coefficient (Wildman–Crippen LogP) is 1.18. The lowest BCUT2D eigenvalue weighted by Gasteiger charge is -1.96. The van der Waals surface area contributed by atoms with Crippen molar-refractivity contribution < 1.29 is 0 Å². The number of nitrogens with two attached hydrogens (primary N) is 1. The molecule has 0 aromatic carbocycles. The normalized spacial score (nSPS) is 10.0. The third-order valence-electron chi connectivity index (χ3n) is 1.40. The standard InChI is InChI=1S/C7H6N4S/c8-7-6(11-10-4-9-7)5-2-1-3-12-5/h1-4H,(H2,8,9,10). The number of thiophene rings is 1. The highest BCUT2D eigenvalue weighted by molar-refractivity contribution is 7.13. The molecule has 0 spiro atoms. The fraction of sp³-hybridized carbons (Fsp3) is 0. The van der Waals surface area contributed by atoms with E-state index in [4.69, 9.17) is 5.73 Å². The Morgan fingerprint density at radius 1 is 1.42 bits per heavy atom. The summed E-state index contributed by atoms with van der Waals surface area (Å²) in [5.74, 6) is 0.424. The molecule has 60 valence electrons. The smallest absolute Gasteiger partial charge is 0.154 e. The summed E-state index contributed by atoms with van der Waals surface area (Å²) in [6.45, 7) is 0. The van der Waals surface area contributed by atoms with Crippen LogP contribution < -0.4 is 5.73 Å². The highest BCUT2D eigenvalue weighted by Crippen LogP contribution is 2.24. The summed E-state index contributed by atoms with van der Waals surface area (Å²) >= 11 is 1.57. The Kier molecular flexibility index (Phi) is 1.71. The number of anilines is 1. The van der Waals surface area contributed by atoms with Crippen LogP contribution in [-0.2, 0) is 0 Å². The number of hydrogen-bond donors (Lipinski definition) is 1. The lowest BCUT2D eigenvalue weighted by atomic mass is 10.3. The van der Waals surface area contributed by atoms with E-state index in [0.717, 1.165) is 4.88 Å². The quantitative estimate of drug-likeness (QED) is 0.712. The zero-order valence-corrected chi connectivity index (χ0v) is 6.95. The molecule has 0 aliphatic heterocycles. The van der Waals surface area contributed by atoms with Gasteiger partial charge in [-0.2, -0.15) is 0 Å². The van der Waals surface area contributed by atoms with E-state index in [-0.39, 0.29) is 0 Å². The molecule has 0 amide bonds. The Bertz CT molecular complexity index is 371. The van der Waals surface area contributed by atoms with Crippen LogP contribution in [0.1, 0.15) is 0 Å². The highest BCUT2D eigenvalue weighted by Gasteiger charge is 2.04. The summed E-state index contributed by atoms with van der Waals surface area (Å²) in [6.07, 6.45) is 1.34. The van der Waals surface area contributed by atoms with Crippen LogP contribution in [0.5, 0.6) is 0 Å². The minimum absolute atomic E-state index is 0.424. The number of nitrogens with zero attached hydrogens (tertiary/aromatic N) is 3. The molecular formula is C7H6N4S. The molecule has 2 aromatic rings. The lowest BCUT2D eigenvalue weighted by Crippen LogP contribution is -1.96. The average molecular weight is 178 g/mol. The minimum atomic E-state index is 0.424. The number of hydrogen-bond acceptors (Lipinski definition) is 5. The zero-order chi connectivity index (χ0) is 8.39. The van der Waals surface area contributed by atoms with Gasteiger partial charge in [-0.05, 0) is 11.4 Å². The summed E-state index contributed by atoms with van der Waals surface area (Å²) < 4.78 is 0. The van der Waals surface area contributed by atoms with Crippen molar-refractivity contribution in [1.29, 1.82) is 0 Å². The van der Waals surface area contributed by atoms with Gasteiger partial charge in [-0.25, -0.2) is 4.98 Å². The summed E-state index contributed by atoms with van der Waals surface area (Å²) in [5.41, 5.74) is 6.26. The molecule has 2 aromatic heterocycles. The molecule has 2 heterocycles. The van der Waals surface area contributed by atoms with Gasteiger partial charge in [0.1, 0.15) is 12.0 Å². The van der Waals surface area contributed by atoms with E-state index < -0.39 is 0 Å². The molecule has 0 bridgehead atoms. The second kappa shape index (κ2) is 2.86. The fourth-order valence-corrected chi connectivity index (χ4v) is 1.59. The monoisotopic (exact) mass is 178 g/mol. The van der Waals surface area contributed by atoms with Crippen LogP contribution in [-0.4, -0.2) is 15.2 Å². The second-order valence-electron chi connectivity index (χ2n) is 2.17. The molecule has 0 saturated heterocycles. The average Bonchev–Trinajstić information content (AvgIpc) is 2.57. The van der Waals surface area contributed by atoms with Crippen molar-refractivity contribution in [2.75, 3.05) is 5.73 Å². The van der Waals surface area contributed by atoms with E-state index in [1.165, 1.54) is 6.33 Å². The van der Waals surface area contributed by atoms with Crippen molar-refractivity contribution in [2.45, 2.75) is 0 Å². The molecule has 0 saturated carbocycles.